The van der Waals surface area contributed by atoms with Crippen LogP contribution in [0.15, 0.2) is 18.2 Å². The molecule has 0 radical (unpaired) electrons. The van der Waals surface area contributed by atoms with Crippen molar-refractivity contribution in [2.24, 2.45) is 5.92 Å². The summed E-state index contributed by atoms with van der Waals surface area (Å²) >= 11 is 0. The van der Waals surface area contributed by atoms with Gasteiger partial charge in [-0.25, -0.2) is 0 Å². The number of hydrogen-bond acceptors (Lipinski definition) is 3. The highest BCUT2D eigenvalue weighted by Crippen LogP contribution is 2.31. The molecule has 0 N–H and O–H groups in total. The van der Waals surface area contributed by atoms with Crippen LogP contribution in [-0.2, 0) is 16.0 Å². The van der Waals surface area contributed by atoms with Gasteiger partial charge in [0.2, 0.25) is 11.8 Å². The summed E-state index contributed by atoms with van der Waals surface area (Å²) in [5, 5.41) is 0. The lowest BCUT2D eigenvalue weighted by atomic mass is 10.1. The smallest absolute Gasteiger partial charge is 0.253 e. The quantitative estimate of drug-likeness (QED) is 0.811. The Kier molecular flexibility index (Phi) is 3.55. The minimum Gasteiger partial charge on any atom is -0.339 e. The van der Waals surface area contributed by atoms with Crippen LogP contribution in [-0.4, -0.2) is 60.7 Å². The van der Waals surface area contributed by atoms with Crippen LogP contribution in [0, 0.1) is 5.92 Å². The second-order valence-electron chi connectivity index (χ2n) is 6.86. The molecule has 1 saturated carbocycles. The monoisotopic (exact) mass is 327 g/mol. The zero-order valence-corrected chi connectivity index (χ0v) is 13.8. The fourth-order valence-corrected chi connectivity index (χ4v) is 3.50. The van der Waals surface area contributed by atoms with Crippen molar-refractivity contribution in [2.75, 3.05) is 38.1 Å². The Morgan fingerprint density at radius 3 is 2.38 bits per heavy atom. The summed E-state index contributed by atoms with van der Waals surface area (Å²) in [5.74, 6) is 0.528. The molecule has 126 valence electrons. The SMILES string of the molecule is CN1C(=O)Cc2cc(C(=O)N3CCN(C(=O)C4CC4)CC3)ccc21. The predicted octanol–water partition coefficient (Wildman–Crippen LogP) is 0.900. The van der Waals surface area contributed by atoms with Crippen molar-refractivity contribution in [2.45, 2.75) is 19.3 Å². The first-order chi connectivity index (χ1) is 11.5. The van der Waals surface area contributed by atoms with Gasteiger partial charge in [-0.15, -0.1) is 0 Å². The zero-order chi connectivity index (χ0) is 16.8. The predicted molar refractivity (Wildman–Crippen MR) is 88.8 cm³/mol. The van der Waals surface area contributed by atoms with Crippen LogP contribution < -0.4 is 4.90 Å². The van der Waals surface area contributed by atoms with Gasteiger partial charge in [0, 0.05) is 50.4 Å². The summed E-state index contributed by atoms with van der Waals surface area (Å²) < 4.78 is 0. The van der Waals surface area contributed by atoms with E-state index in [0.717, 1.165) is 24.1 Å². The molecule has 0 spiro atoms. The number of rotatable bonds is 2. The van der Waals surface area contributed by atoms with E-state index in [9.17, 15) is 14.4 Å². The number of carbonyl (C=O) groups is 3. The molecule has 1 saturated heterocycles. The zero-order valence-electron chi connectivity index (χ0n) is 13.8. The highest BCUT2D eigenvalue weighted by Gasteiger charge is 2.35. The van der Waals surface area contributed by atoms with Crippen molar-refractivity contribution in [3.05, 3.63) is 29.3 Å². The molecule has 3 amide bonds. The molecule has 6 heteroatoms. The molecule has 2 aliphatic heterocycles. The van der Waals surface area contributed by atoms with E-state index in [1.165, 1.54) is 0 Å². The number of anilines is 1. The van der Waals surface area contributed by atoms with E-state index < -0.39 is 0 Å². The Balaban J connectivity index is 1.43. The van der Waals surface area contributed by atoms with Crippen molar-refractivity contribution < 1.29 is 14.4 Å². The summed E-state index contributed by atoms with van der Waals surface area (Å²) in [7, 11) is 1.76. The number of fused-ring (bicyclic) bond motifs is 1. The fraction of sp³-hybridized carbons (Fsp3) is 0.500. The molecule has 3 aliphatic rings. The molecule has 2 fully saturated rings. The number of nitrogens with zero attached hydrogens (tertiary/aromatic N) is 3. The van der Waals surface area contributed by atoms with E-state index in [2.05, 4.69) is 0 Å². The minimum atomic E-state index is -0.0154. The van der Waals surface area contributed by atoms with Gasteiger partial charge < -0.3 is 14.7 Å². The third-order valence-electron chi connectivity index (χ3n) is 5.21. The lowest BCUT2D eigenvalue weighted by Crippen LogP contribution is -2.51. The minimum absolute atomic E-state index is 0.0154. The molecule has 2 heterocycles. The highest BCUT2D eigenvalue weighted by molar-refractivity contribution is 6.03. The number of benzene rings is 1. The van der Waals surface area contributed by atoms with Crippen LogP contribution in [0.3, 0.4) is 0 Å². The molecule has 0 unspecified atom stereocenters. The molecule has 6 nitrogen and oxygen atoms in total. The van der Waals surface area contributed by atoms with E-state index >= 15 is 0 Å². The Morgan fingerprint density at radius 2 is 1.71 bits per heavy atom. The standard InChI is InChI=1S/C18H21N3O3/c1-19-15-5-4-13(10-14(15)11-16(19)22)18(24)21-8-6-20(7-9-21)17(23)12-2-3-12/h4-5,10,12H,2-3,6-9,11H2,1H3. The van der Waals surface area contributed by atoms with Gasteiger partial charge >= 0.3 is 0 Å². The van der Waals surface area contributed by atoms with Crippen molar-refractivity contribution in [3.63, 3.8) is 0 Å². The fourth-order valence-electron chi connectivity index (χ4n) is 3.50. The van der Waals surface area contributed by atoms with Gasteiger partial charge in [0.05, 0.1) is 6.42 Å². The molecule has 1 aliphatic carbocycles. The molecule has 24 heavy (non-hydrogen) atoms. The molecule has 1 aromatic carbocycles. The Bertz CT molecular complexity index is 718. The molecular weight excluding hydrogens is 306 g/mol. The van der Waals surface area contributed by atoms with Crippen LogP contribution in [0.1, 0.15) is 28.8 Å². The number of amides is 3. The highest BCUT2D eigenvalue weighted by atomic mass is 16.2. The summed E-state index contributed by atoms with van der Waals surface area (Å²) in [6, 6.07) is 5.47. The number of carbonyl (C=O) groups excluding carboxylic acids is 3. The third kappa shape index (κ3) is 2.56. The van der Waals surface area contributed by atoms with Gasteiger partial charge in [-0.05, 0) is 36.6 Å². The summed E-state index contributed by atoms with van der Waals surface area (Å²) in [6.45, 7) is 2.39. The lowest BCUT2D eigenvalue weighted by molar-refractivity contribution is -0.134. The molecule has 4 rings (SSSR count). The van der Waals surface area contributed by atoms with E-state index in [1.54, 1.807) is 22.9 Å². The molecule has 0 bridgehead atoms. The Hall–Kier alpha value is -2.37. The van der Waals surface area contributed by atoms with Crippen molar-refractivity contribution in [1.82, 2.24) is 9.80 Å². The average Bonchev–Trinajstić information content (AvgIpc) is 3.41. The maximum atomic E-state index is 12.7. The maximum absolute atomic E-state index is 12.7. The van der Waals surface area contributed by atoms with E-state index in [0.29, 0.717) is 38.2 Å². The van der Waals surface area contributed by atoms with Crippen molar-refractivity contribution in [3.8, 4) is 0 Å². The molecule has 0 atom stereocenters. The van der Waals surface area contributed by atoms with Crippen LogP contribution in [0.5, 0.6) is 0 Å². The van der Waals surface area contributed by atoms with Gasteiger partial charge in [-0.1, -0.05) is 0 Å². The third-order valence-corrected chi connectivity index (χ3v) is 5.21. The van der Waals surface area contributed by atoms with E-state index in [4.69, 9.17) is 0 Å². The Labute approximate surface area is 141 Å². The largest absolute Gasteiger partial charge is 0.339 e. The number of hydrogen-bond donors (Lipinski definition) is 0. The maximum Gasteiger partial charge on any atom is 0.253 e. The first-order valence-corrected chi connectivity index (χ1v) is 8.52. The van der Waals surface area contributed by atoms with Crippen LogP contribution in [0.2, 0.25) is 0 Å². The molecular formula is C18H21N3O3. The van der Waals surface area contributed by atoms with Crippen LogP contribution >= 0.6 is 0 Å². The summed E-state index contributed by atoms with van der Waals surface area (Å²) in [6.07, 6.45) is 2.39. The van der Waals surface area contributed by atoms with Gasteiger partial charge in [-0.3, -0.25) is 14.4 Å². The summed E-state index contributed by atoms with van der Waals surface area (Å²) in [4.78, 5) is 41.9. The second kappa shape index (κ2) is 5.61. The van der Waals surface area contributed by atoms with E-state index in [-0.39, 0.29) is 23.6 Å². The molecule has 1 aromatic rings. The van der Waals surface area contributed by atoms with Crippen molar-refractivity contribution >= 4 is 23.4 Å². The van der Waals surface area contributed by atoms with Gasteiger partial charge in [-0.2, -0.15) is 0 Å². The lowest BCUT2D eigenvalue weighted by Gasteiger charge is -2.35. The first-order valence-electron chi connectivity index (χ1n) is 8.52. The van der Waals surface area contributed by atoms with Gasteiger partial charge in [0.25, 0.3) is 5.91 Å². The van der Waals surface area contributed by atoms with Crippen molar-refractivity contribution in [1.29, 1.82) is 0 Å². The topological polar surface area (TPSA) is 60.9 Å². The molecule has 0 aromatic heterocycles. The number of piperazine rings is 1. The normalized spacial score (nSPS) is 20.4. The van der Waals surface area contributed by atoms with Crippen LogP contribution in [0.25, 0.3) is 0 Å². The first kappa shape index (κ1) is 15.2. The van der Waals surface area contributed by atoms with Gasteiger partial charge in [0.1, 0.15) is 0 Å². The van der Waals surface area contributed by atoms with Crippen LogP contribution in [0.4, 0.5) is 5.69 Å². The number of likely N-dealkylation sites (N-methyl/N-ethyl adjacent to an activating group) is 1. The van der Waals surface area contributed by atoms with E-state index in [1.807, 2.05) is 17.0 Å². The summed E-state index contributed by atoms with van der Waals surface area (Å²) in [5.41, 5.74) is 2.42. The second-order valence-corrected chi connectivity index (χ2v) is 6.86. The van der Waals surface area contributed by atoms with Gasteiger partial charge in [0.15, 0.2) is 0 Å². The Morgan fingerprint density at radius 1 is 1.04 bits per heavy atom. The average molecular weight is 327 g/mol.